The second kappa shape index (κ2) is 4.74. The fourth-order valence-corrected chi connectivity index (χ4v) is 2.46. The van der Waals surface area contributed by atoms with Gasteiger partial charge in [0, 0.05) is 0 Å². The number of ether oxygens (including phenoxy) is 1. The monoisotopic (exact) mass is 227 g/mol. The molecule has 1 atom stereocenters. The Labute approximate surface area is 98.7 Å². The third-order valence-corrected chi connectivity index (χ3v) is 4.12. The maximum atomic E-state index is 11.1. The standard InChI is InChI=1S/C13H25NO2/c1-12(2,3)13(8-9-13)7-5-6-10(14)11(15)16-4/h10H,5-9,14H2,1-4H3. The molecule has 0 saturated heterocycles. The Morgan fingerprint density at radius 2 is 2.00 bits per heavy atom. The third kappa shape index (κ3) is 2.97. The molecule has 0 bridgehead atoms. The zero-order valence-corrected chi connectivity index (χ0v) is 11.0. The zero-order chi connectivity index (χ0) is 12.4. The zero-order valence-electron chi connectivity index (χ0n) is 11.0. The first-order chi connectivity index (χ1) is 7.32. The second-order valence-electron chi connectivity index (χ2n) is 6.05. The molecule has 3 nitrogen and oxygen atoms in total. The highest BCUT2D eigenvalue weighted by atomic mass is 16.5. The SMILES string of the molecule is COC(=O)C(N)CCCC1(C(C)(C)C)CC1. The number of nitrogens with two attached hydrogens (primary N) is 1. The molecule has 1 unspecified atom stereocenters. The van der Waals surface area contributed by atoms with Crippen molar-refractivity contribution in [2.75, 3.05) is 7.11 Å². The Morgan fingerprint density at radius 3 is 2.38 bits per heavy atom. The highest BCUT2D eigenvalue weighted by Crippen LogP contribution is 2.61. The summed E-state index contributed by atoms with van der Waals surface area (Å²) in [5.74, 6) is -0.291. The van der Waals surface area contributed by atoms with E-state index < -0.39 is 6.04 Å². The van der Waals surface area contributed by atoms with E-state index in [-0.39, 0.29) is 5.97 Å². The topological polar surface area (TPSA) is 52.3 Å². The van der Waals surface area contributed by atoms with E-state index in [0.717, 1.165) is 12.8 Å². The van der Waals surface area contributed by atoms with Gasteiger partial charge < -0.3 is 10.5 Å². The van der Waals surface area contributed by atoms with Crippen LogP contribution in [0.25, 0.3) is 0 Å². The van der Waals surface area contributed by atoms with Gasteiger partial charge in [0.2, 0.25) is 0 Å². The van der Waals surface area contributed by atoms with Crippen molar-refractivity contribution >= 4 is 5.97 Å². The highest BCUT2D eigenvalue weighted by Gasteiger charge is 2.50. The van der Waals surface area contributed by atoms with Gasteiger partial charge >= 0.3 is 5.97 Å². The molecule has 0 spiro atoms. The molecule has 0 heterocycles. The lowest BCUT2D eigenvalue weighted by Crippen LogP contribution is -2.32. The number of esters is 1. The van der Waals surface area contributed by atoms with E-state index in [9.17, 15) is 4.79 Å². The quantitative estimate of drug-likeness (QED) is 0.734. The normalized spacial score (nSPS) is 20.3. The van der Waals surface area contributed by atoms with Gasteiger partial charge in [-0.2, -0.15) is 0 Å². The van der Waals surface area contributed by atoms with Gasteiger partial charge in [-0.3, -0.25) is 4.79 Å². The summed E-state index contributed by atoms with van der Waals surface area (Å²) in [6.45, 7) is 6.92. The molecular formula is C13H25NO2. The Hall–Kier alpha value is -0.570. The van der Waals surface area contributed by atoms with Crippen LogP contribution < -0.4 is 5.73 Å². The molecule has 0 amide bonds. The van der Waals surface area contributed by atoms with Gasteiger partial charge in [0.25, 0.3) is 0 Å². The molecule has 16 heavy (non-hydrogen) atoms. The molecule has 1 saturated carbocycles. The number of carbonyl (C=O) groups is 1. The minimum atomic E-state index is -0.444. The molecular weight excluding hydrogens is 202 g/mol. The van der Waals surface area contributed by atoms with E-state index in [1.165, 1.54) is 26.4 Å². The van der Waals surface area contributed by atoms with Crippen molar-refractivity contribution in [1.29, 1.82) is 0 Å². The van der Waals surface area contributed by atoms with E-state index in [1.807, 2.05) is 0 Å². The predicted octanol–water partition coefficient (Wildman–Crippen LogP) is 2.48. The van der Waals surface area contributed by atoms with E-state index in [4.69, 9.17) is 5.73 Å². The van der Waals surface area contributed by atoms with Gasteiger partial charge in [0.05, 0.1) is 7.11 Å². The van der Waals surface area contributed by atoms with Crippen LogP contribution in [0.2, 0.25) is 0 Å². The first kappa shape index (κ1) is 13.5. The van der Waals surface area contributed by atoms with Crippen LogP contribution in [0.3, 0.4) is 0 Å². The van der Waals surface area contributed by atoms with Crippen molar-refractivity contribution in [1.82, 2.24) is 0 Å². The molecule has 1 rings (SSSR count). The number of methoxy groups -OCH3 is 1. The minimum absolute atomic E-state index is 0.291. The molecule has 1 aliphatic carbocycles. The first-order valence-electron chi connectivity index (χ1n) is 6.16. The Kier molecular flexibility index (Phi) is 4.00. The Morgan fingerprint density at radius 1 is 1.44 bits per heavy atom. The van der Waals surface area contributed by atoms with Crippen molar-refractivity contribution in [3.63, 3.8) is 0 Å². The molecule has 1 aliphatic rings. The summed E-state index contributed by atoms with van der Waals surface area (Å²) in [4.78, 5) is 11.1. The molecule has 0 aromatic rings. The third-order valence-electron chi connectivity index (χ3n) is 4.12. The molecule has 0 aromatic heterocycles. The first-order valence-corrected chi connectivity index (χ1v) is 6.16. The number of hydrogen-bond donors (Lipinski definition) is 1. The summed E-state index contributed by atoms with van der Waals surface area (Å²) < 4.78 is 4.61. The van der Waals surface area contributed by atoms with Crippen LogP contribution in [-0.2, 0) is 9.53 Å². The van der Waals surface area contributed by atoms with Gasteiger partial charge in [-0.15, -0.1) is 0 Å². The fourth-order valence-electron chi connectivity index (χ4n) is 2.46. The van der Waals surface area contributed by atoms with Crippen LogP contribution in [0, 0.1) is 10.8 Å². The summed E-state index contributed by atoms with van der Waals surface area (Å²) in [5, 5.41) is 0. The Balaban J connectivity index is 2.29. The largest absolute Gasteiger partial charge is 0.468 e. The number of rotatable bonds is 5. The van der Waals surface area contributed by atoms with E-state index in [0.29, 0.717) is 10.8 Å². The van der Waals surface area contributed by atoms with Crippen LogP contribution in [0.5, 0.6) is 0 Å². The van der Waals surface area contributed by atoms with Gasteiger partial charge in [-0.05, 0) is 36.5 Å². The summed E-state index contributed by atoms with van der Waals surface area (Å²) >= 11 is 0. The highest BCUT2D eigenvalue weighted by molar-refractivity contribution is 5.75. The second-order valence-corrected chi connectivity index (χ2v) is 6.05. The molecule has 94 valence electrons. The lowest BCUT2D eigenvalue weighted by Gasteiger charge is -2.31. The fraction of sp³-hybridized carbons (Fsp3) is 0.923. The van der Waals surface area contributed by atoms with Crippen LogP contribution >= 0.6 is 0 Å². The van der Waals surface area contributed by atoms with E-state index >= 15 is 0 Å². The molecule has 0 radical (unpaired) electrons. The van der Waals surface area contributed by atoms with Crippen LogP contribution in [0.1, 0.15) is 52.9 Å². The van der Waals surface area contributed by atoms with Gasteiger partial charge in [-0.25, -0.2) is 0 Å². The smallest absolute Gasteiger partial charge is 0.322 e. The summed E-state index contributed by atoms with van der Waals surface area (Å²) in [6, 6.07) is -0.444. The summed E-state index contributed by atoms with van der Waals surface area (Å²) in [6.07, 6.45) is 5.59. The molecule has 0 aliphatic heterocycles. The molecule has 1 fully saturated rings. The summed E-state index contributed by atoms with van der Waals surface area (Å²) in [5.41, 5.74) is 6.59. The van der Waals surface area contributed by atoms with Crippen LogP contribution in [0.15, 0.2) is 0 Å². The molecule has 3 heteroatoms. The molecule has 2 N–H and O–H groups in total. The van der Waals surface area contributed by atoms with Crippen molar-refractivity contribution in [3.05, 3.63) is 0 Å². The minimum Gasteiger partial charge on any atom is -0.468 e. The lowest BCUT2D eigenvalue weighted by atomic mass is 9.74. The number of hydrogen-bond acceptors (Lipinski definition) is 3. The van der Waals surface area contributed by atoms with Crippen molar-refractivity contribution in [3.8, 4) is 0 Å². The maximum Gasteiger partial charge on any atom is 0.322 e. The van der Waals surface area contributed by atoms with E-state index in [2.05, 4.69) is 25.5 Å². The van der Waals surface area contributed by atoms with Crippen LogP contribution in [-0.4, -0.2) is 19.1 Å². The van der Waals surface area contributed by atoms with Gasteiger partial charge in [-0.1, -0.05) is 27.2 Å². The lowest BCUT2D eigenvalue weighted by molar-refractivity contribution is -0.142. The van der Waals surface area contributed by atoms with Crippen LogP contribution in [0.4, 0.5) is 0 Å². The van der Waals surface area contributed by atoms with Crippen molar-refractivity contribution in [2.45, 2.75) is 58.9 Å². The maximum absolute atomic E-state index is 11.1. The average molecular weight is 227 g/mol. The van der Waals surface area contributed by atoms with Crippen molar-refractivity contribution < 1.29 is 9.53 Å². The van der Waals surface area contributed by atoms with Gasteiger partial charge in [0.1, 0.15) is 6.04 Å². The Bertz CT molecular complexity index is 251. The van der Waals surface area contributed by atoms with Gasteiger partial charge in [0.15, 0.2) is 0 Å². The average Bonchev–Trinajstić information content (AvgIpc) is 2.96. The summed E-state index contributed by atoms with van der Waals surface area (Å²) in [7, 11) is 1.39. The number of carbonyl (C=O) groups excluding carboxylic acids is 1. The predicted molar refractivity (Wildman–Crippen MR) is 65.0 cm³/mol. The molecule has 0 aromatic carbocycles. The van der Waals surface area contributed by atoms with E-state index in [1.54, 1.807) is 0 Å². The van der Waals surface area contributed by atoms with Crippen molar-refractivity contribution in [2.24, 2.45) is 16.6 Å².